The Hall–Kier alpha value is -3.20. The molecule has 1 N–H and O–H groups in total. The highest BCUT2D eigenvalue weighted by Crippen LogP contribution is 2.35. The fourth-order valence-corrected chi connectivity index (χ4v) is 5.47. The summed E-state index contributed by atoms with van der Waals surface area (Å²) < 4.78 is 12.5. The van der Waals surface area contributed by atoms with Crippen LogP contribution in [0.25, 0.3) is 10.2 Å². The van der Waals surface area contributed by atoms with Crippen molar-refractivity contribution < 1.29 is 14.3 Å². The van der Waals surface area contributed by atoms with Gasteiger partial charge in [0.05, 0.1) is 31.1 Å². The molecule has 0 spiro atoms. The molecule has 1 aliphatic rings. The highest BCUT2D eigenvalue weighted by Gasteiger charge is 2.25. The normalized spacial score (nSPS) is 16.6. The zero-order valence-corrected chi connectivity index (χ0v) is 20.9. The standard InChI is InChI=1S/C25H30N4O4S/c1-14(2)33-19-9-7-17(11-20(19)32-5)12-27-28-23(30)16(4)29-13-26-24-22(25(29)31)18-8-6-15(3)10-21(18)34-24/h7,9,11-16H,6,8,10H2,1-5H3,(H,28,30). The van der Waals surface area contributed by atoms with E-state index in [0.29, 0.717) is 22.8 Å². The van der Waals surface area contributed by atoms with Crippen LogP contribution in [-0.4, -0.2) is 34.9 Å². The molecule has 0 bridgehead atoms. The van der Waals surface area contributed by atoms with Crippen LogP contribution in [0.4, 0.5) is 0 Å². The summed E-state index contributed by atoms with van der Waals surface area (Å²) in [5.74, 6) is 1.43. The quantitative estimate of drug-likeness (QED) is 0.404. The van der Waals surface area contributed by atoms with Crippen molar-refractivity contribution in [1.29, 1.82) is 0 Å². The van der Waals surface area contributed by atoms with Crippen molar-refractivity contribution in [3.05, 3.63) is 50.9 Å². The second-order valence-electron chi connectivity index (χ2n) is 8.98. The molecule has 2 unspecified atom stereocenters. The van der Waals surface area contributed by atoms with Crippen molar-refractivity contribution in [1.82, 2.24) is 15.0 Å². The molecule has 0 saturated carbocycles. The summed E-state index contributed by atoms with van der Waals surface area (Å²) in [4.78, 5) is 32.5. The molecule has 34 heavy (non-hydrogen) atoms. The monoisotopic (exact) mass is 482 g/mol. The number of nitrogens with one attached hydrogen (secondary N) is 1. The lowest BCUT2D eigenvalue weighted by atomic mass is 9.89. The lowest BCUT2D eigenvalue weighted by Crippen LogP contribution is -2.34. The maximum atomic E-state index is 13.2. The summed E-state index contributed by atoms with van der Waals surface area (Å²) in [7, 11) is 1.57. The number of carbonyl (C=O) groups excluding carboxylic acids is 1. The Bertz CT molecular complexity index is 1290. The van der Waals surface area contributed by atoms with Gasteiger partial charge in [-0.1, -0.05) is 6.92 Å². The molecule has 180 valence electrons. The average molecular weight is 483 g/mol. The molecule has 2 atom stereocenters. The lowest BCUT2D eigenvalue weighted by Gasteiger charge is -2.18. The number of hydrazone groups is 1. The van der Waals surface area contributed by atoms with E-state index in [2.05, 4.69) is 22.4 Å². The summed E-state index contributed by atoms with van der Waals surface area (Å²) in [5.41, 5.74) is 4.19. The molecular formula is C25H30N4O4S. The van der Waals surface area contributed by atoms with Crippen LogP contribution in [0.1, 0.15) is 56.2 Å². The maximum absolute atomic E-state index is 13.2. The fourth-order valence-electron chi connectivity index (χ4n) is 4.13. The van der Waals surface area contributed by atoms with Crippen LogP contribution in [0, 0.1) is 5.92 Å². The molecule has 8 nitrogen and oxygen atoms in total. The third-order valence-electron chi connectivity index (χ3n) is 5.98. The van der Waals surface area contributed by atoms with Crippen molar-refractivity contribution in [2.75, 3.05) is 7.11 Å². The van der Waals surface area contributed by atoms with E-state index in [9.17, 15) is 9.59 Å². The van der Waals surface area contributed by atoms with Crippen molar-refractivity contribution >= 4 is 33.7 Å². The number of thiophene rings is 1. The Balaban J connectivity index is 1.49. The summed E-state index contributed by atoms with van der Waals surface area (Å²) in [6, 6.07) is 4.64. The lowest BCUT2D eigenvalue weighted by molar-refractivity contribution is -0.123. The summed E-state index contributed by atoms with van der Waals surface area (Å²) >= 11 is 1.60. The van der Waals surface area contributed by atoms with Gasteiger partial charge in [-0.2, -0.15) is 5.10 Å². The second-order valence-corrected chi connectivity index (χ2v) is 10.1. The number of hydrogen-bond donors (Lipinski definition) is 1. The van der Waals surface area contributed by atoms with Crippen LogP contribution in [-0.2, 0) is 17.6 Å². The van der Waals surface area contributed by atoms with Gasteiger partial charge < -0.3 is 9.47 Å². The number of methoxy groups -OCH3 is 1. The second kappa shape index (κ2) is 9.97. The molecule has 3 aromatic rings. The number of nitrogens with zero attached hydrogens (tertiary/aromatic N) is 3. The number of amides is 1. The number of fused-ring (bicyclic) bond motifs is 3. The van der Waals surface area contributed by atoms with Gasteiger partial charge in [-0.15, -0.1) is 11.3 Å². The first-order chi connectivity index (χ1) is 16.3. The first kappa shape index (κ1) is 23.9. The van der Waals surface area contributed by atoms with Crippen LogP contribution in [0.5, 0.6) is 11.5 Å². The molecule has 2 aromatic heterocycles. The van der Waals surface area contributed by atoms with Crippen molar-refractivity contribution in [3.8, 4) is 11.5 Å². The summed E-state index contributed by atoms with van der Waals surface area (Å²) in [5, 5.41) is 4.72. The van der Waals surface area contributed by atoms with Gasteiger partial charge in [0.15, 0.2) is 11.5 Å². The van der Waals surface area contributed by atoms with E-state index in [4.69, 9.17) is 9.47 Å². The van der Waals surface area contributed by atoms with Gasteiger partial charge in [0.2, 0.25) is 0 Å². The number of aryl methyl sites for hydroxylation is 1. The van der Waals surface area contributed by atoms with E-state index >= 15 is 0 Å². The van der Waals surface area contributed by atoms with E-state index in [-0.39, 0.29) is 11.7 Å². The fraction of sp³-hybridized carbons (Fsp3) is 0.440. The Kier molecular flexibility index (Phi) is 7.02. The number of rotatable bonds is 7. The molecule has 1 aromatic carbocycles. The van der Waals surface area contributed by atoms with Crippen LogP contribution < -0.4 is 20.5 Å². The van der Waals surface area contributed by atoms with E-state index in [1.165, 1.54) is 22.0 Å². The number of ether oxygens (including phenoxy) is 2. The topological polar surface area (TPSA) is 94.8 Å². The first-order valence-corrected chi connectivity index (χ1v) is 12.3. The minimum Gasteiger partial charge on any atom is -0.493 e. The van der Waals surface area contributed by atoms with Crippen LogP contribution in [0.2, 0.25) is 0 Å². The van der Waals surface area contributed by atoms with Gasteiger partial charge in [0.1, 0.15) is 10.9 Å². The van der Waals surface area contributed by atoms with Crippen LogP contribution in [0.15, 0.2) is 34.4 Å². The van der Waals surface area contributed by atoms with Gasteiger partial charge in [-0.05, 0) is 75.3 Å². The third kappa shape index (κ3) is 4.84. The molecule has 0 aliphatic heterocycles. The van der Waals surface area contributed by atoms with Crippen LogP contribution >= 0.6 is 11.3 Å². The molecule has 2 heterocycles. The number of hydrogen-bond acceptors (Lipinski definition) is 7. The minimum atomic E-state index is -0.754. The highest BCUT2D eigenvalue weighted by molar-refractivity contribution is 7.18. The Morgan fingerprint density at radius 3 is 2.85 bits per heavy atom. The maximum Gasteiger partial charge on any atom is 0.263 e. The van der Waals surface area contributed by atoms with E-state index in [0.717, 1.165) is 35.2 Å². The largest absolute Gasteiger partial charge is 0.493 e. The Morgan fingerprint density at radius 2 is 2.12 bits per heavy atom. The summed E-state index contributed by atoms with van der Waals surface area (Å²) in [6.07, 6.45) is 5.93. The summed E-state index contributed by atoms with van der Waals surface area (Å²) in [6.45, 7) is 7.78. The van der Waals surface area contributed by atoms with Gasteiger partial charge in [0.25, 0.3) is 11.5 Å². The van der Waals surface area contributed by atoms with Crippen molar-refractivity contribution in [2.45, 2.75) is 59.1 Å². The van der Waals surface area contributed by atoms with Gasteiger partial charge >= 0.3 is 0 Å². The van der Waals surface area contributed by atoms with E-state index in [1.54, 1.807) is 37.5 Å². The van der Waals surface area contributed by atoms with E-state index in [1.807, 2.05) is 19.9 Å². The number of aromatic nitrogens is 2. The third-order valence-corrected chi connectivity index (χ3v) is 7.14. The molecule has 0 radical (unpaired) electrons. The molecular weight excluding hydrogens is 452 g/mol. The predicted molar refractivity (Wildman–Crippen MR) is 134 cm³/mol. The van der Waals surface area contributed by atoms with Gasteiger partial charge in [-0.3, -0.25) is 14.2 Å². The number of carbonyl (C=O) groups is 1. The minimum absolute atomic E-state index is 0.0226. The predicted octanol–water partition coefficient (Wildman–Crippen LogP) is 4.09. The van der Waals surface area contributed by atoms with Crippen molar-refractivity contribution in [3.63, 3.8) is 0 Å². The van der Waals surface area contributed by atoms with Crippen LogP contribution in [0.3, 0.4) is 0 Å². The molecule has 9 heteroatoms. The highest BCUT2D eigenvalue weighted by atomic mass is 32.1. The zero-order chi connectivity index (χ0) is 24.4. The smallest absolute Gasteiger partial charge is 0.263 e. The van der Waals surface area contributed by atoms with E-state index < -0.39 is 11.9 Å². The Morgan fingerprint density at radius 1 is 1.32 bits per heavy atom. The molecule has 1 amide bonds. The average Bonchev–Trinajstić information content (AvgIpc) is 3.17. The first-order valence-electron chi connectivity index (χ1n) is 11.5. The van der Waals surface area contributed by atoms with Gasteiger partial charge in [0, 0.05) is 4.88 Å². The molecule has 1 aliphatic carbocycles. The number of benzene rings is 1. The zero-order valence-electron chi connectivity index (χ0n) is 20.1. The molecule has 0 fully saturated rings. The molecule has 4 rings (SSSR count). The van der Waals surface area contributed by atoms with Crippen molar-refractivity contribution in [2.24, 2.45) is 11.0 Å². The van der Waals surface area contributed by atoms with Gasteiger partial charge in [-0.25, -0.2) is 10.4 Å². The SMILES string of the molecule is COc1cc(C=NNC(=O)C(C)n2cnc3sc4c(c3c2=O)CCC(C)C4)ccc1OC(C)C. The Labute approximate surface area is 202 Å². The molecule has 0 saturated heterocycles.